The van der Waals surface area contributed by atoms with Gasteiger partial charge in [0.25, 0.3) is 0 Å². The van der Waals surface area contributed by atoms with Crippen LogP contribution in [0.4, 0.5) is 5.95 Å². The van der Waals surface area contributed by atoms with Crippen LogP contribution in [0.25, 0.3) is 0 Å². The van der Waals surface area contributed by atoms with Gasteiger partial charge in [-0.25, -0.2) is 9.97 Å². The molecule has 0 bridgehead atoms. The van der Waals surface area contributed by atoms with Crippen LogP contribution in [0.3, 0.4) is 0 Å². The molecule has 1 amide bonds. The van der Waals surface area contributed by atoms with E-state index in [1.54, 1.807) is 7.11 Å². The molecule has 0 saturated carbocycles. The van der Waals surface area contributed by atoms with Crippen molar-refractivity contribution in [1.82, 2.24) is 15.3 Å². The smallest absolute Gasteiger partial charge is 0.225 e. The van der Waals surface area contributed by atoms with E-state index < -0.39 is 0 Å². The number of aryl methyl sites for hydroxylation is 1. The van der Waals surface area contributed by atoms with Crippen molar-refractivity contribution in [3.63, 3.8) is 0 Å². The van der Waals surface area contributed by atoms with Gasteiger partial charge in [-0.05, 0) is 56.4 Å². The highest BCUT2D eigenvalue weighted by Gasteiger charge is 2.26. The maximum atomic E-state index is 12.6. The summed E-state index contributed by atoms with van der Waals surface area (Å²) >= 11 is 0. The van der Waals surface area contributed by atoms with Gasteiger partial charge in [-0.3, -0.25) is 4.79 Å². The van der Waals surface area contributed by atoms with Crippen LogP contribution in [0.1, 0.15) is 37.1 Å². The highest BCUT2D eigenvalue weighted by molar-refractivity contribution is 5.79. The minimum Gasteiger partial charge on any atom is -0.497 e. The number of ether oxygens (including phenoxy) is 1. The Labute approximate surface area is 161 Å². The number of hydrogen-bond donors (Lipinski definition) is 1. The predicted octanol–water partition coefficient (Wildman–Crippen LogP) is 2.75. The van der Waals surface area contributed by atoms with Gasteiger partial charge in [0.05, 0.1) is 7.11 Å². The minimum atomic E-state index is -0.0222. The van der Waals surface area contributed by atoms with Crippen LogP contribution < -0.4 is 15.0 Å². The molecule has 3 rings (SSSR count). The van der Waals surface area contributed by atoms with Gasteiger partial charge in [0.15, 0.2) is 0 Å². The molecule has 2 aromatic rings. The van der Waals surface area contributed by atoms with Gasteiger partial charge in [-0.2, -0.15) is 0 Å². The normalized spacial score (nSPS) is 15.7. The Morgan fingerprint density at radius 2 is 2.15 bits per heavy atom. The Bertz CT molecular complexity index is 790. The van der Waals surface area contributed by atoms with Gasteiger partial charge in [-0.15, -0.1) is 0 Å². The second-order valence-electron chi connectivity index (χ2n) is 6.82. The summed E-state index contributed by atoms with van der Waals surface area (Å²) in [7, 11) is 1.64. The van der Waals surface area contributed by atoms with Gasteiger partial charge in [0.1, 0.15) is 5.75 Å². The molecule has 27 heavy (non-hydrogen) atoms. The van der Waals surface area contributed by atoms with Crippen molar-refractivity contribution in [1.29, 1.82) is 0 Å². The SMILES string of the molecule is CCN(CC)c1ncc2c(n1)CC[C@H](C(=O)NCc1cccc(OC)c1)C2. The number of hydrogen-bond acceptors (Lipinski definition) is 5. The molecule has 1 heterocycles. The quantitative estimate of drug-likeness (QED) is 0.814. The summed E-state index contributed by atoms with van der Waals surface area (Å²) < 4.78 is 5.23. The van der Waals surface area contributed by atoms with Gasteiger partial charge in [0, 0.05) is 37.4 Å². The first kappa shape index (κ1) is 19.1. The summed E-state index contributed by atoms with van der Waals surface area (Å²) in [5.41, 5.74) is 3.22. The fraction of sp³-hybridized carbons (Fsp3) is 0.476. The number of methoxy groups -OCH3 is 1. The molecule has 1 aromatic heterocycles. The fourth-order valence-electron chi connectivity index (χ4n) is 3.50. The number of aromatic nitrogens is 2. The number of fused-ring (bicyclic) bond motifs is 1. The van der Waals surface area contributed by atoms with E-state index >= 15 is 0 Å². The second-order valence-corrected chi connectivity index (χ2v) is 6.82. The molecule has 0 radical (unpaired) electrons. The van der Waals surface area contributed by atoms with E-state index in [-0.39, 0.29) is 11.8 Å². The van der Waals surface area contributed by atoms with Crippen molar-refractivity contribution in [2.24, 2.45) is 5.92 Å². The number of nitrogens with zero attached hydrogens (tertiary/aromatic N) is 3. The van der Waals surface area contributed by atoms with Crippen molar-refractivity contribution >= 4 is 11.9 Å². The Morgan fingerprint density at radius 3 is 2.89 bits per heavy atom. The molecule has 1 N–H and O–H groups in total. The Hall–Kier alpha value is -2.63. The highest BCUT2D eigenvalue weighted by atomic mass is 16.5. The third-order valence-corrected chi connectivity index (χ3v) is 5.16. The summed E-state index contributed by atoms with van der Waals surface area (Å²) in [5.74, 6) is 1.66. The van der Waals surface area contributed by atoms with Crippen LogP contribution in [0, 0.1) is 5.92 Å². The lowest BCUT2D eigenvalue weighted by molar-refractivity contribution is -0.125. The standard InChI is InChI=1S/C21H28N4O2/c1-4-25(5-2)21-23-14-17-12-16(9-10-19(17)24-21)20(26)22-13-15-7-6-8-18(11-15)27-3/h6-8,11,14,16H,4-5,9-10,12-13H2,1-3H3,(H,22,26)/t16-/m0/s1. The topological polar surface area (TPSA) is 67.4 Å². The highest BCUT2D eigenvalue weighted by Crippen LogP contribution is 2.25. The number of rotatable bonds is 7. The van der Waals surface area contributed by atoms with Gasteiger partial charge in [-0.1, -0.05) is 12.1 Å². The number of anilines is 1. The van der Waals surface area contributed by atoms with Crippen molar-refractivity contribution in [2.75, 3.05) is 25.1 Å². The third-order valence-electron chi connectivity index (χ3n) is 5.16. The molecule has 6 nitrogen and oxygen atoms in total. The van der Waals surface area contributed by atoms with Gasteiger partial charge >= 0.3 is 0 Å². The molecule has 0 spiro atoms. The van der Waals surface area contributed by atoms with Gasteiger partial charge < -0.3 is 15.0 Å². The molecular weight excluding hydrogens is 340 g/mol. The molecule has 0 saturated heterocycles. The number of carbonyl (C=O) groups excluding carboxylic acids is 1. The molecule has 1 aliphatic carbocycles. The first-order valence-electron chi connectivity index (χ1n) is 9.65. The van der Waals surface area contributed by atoms with Crippen molar-refractivity contribution in [2.45, 2.75) is 39.7 Å². The van der Waals surface area contributed by atoms with E-state index in [2.05, 4.69) is 29.0 Å². The van der Waals surface area contributed by atoms with E-state index in [1.807, 2.05) is 30.5 Å². The Balaban J connectivity index is 1.60. The largest absolute Gasteiger partial charge is 0.497 e. The van der Waals surface area contributed by atoms with Crippen LogP contribution in [-0.4, -0.2) is 36.1 Å². The van der Waals surface area contributed by atoms with E-state index in [1.165, 1.54) is 0 Å². The lowest BCUT2D eigenvalue weighted by Crippen LogP contribution is -2.34. The van der Waals surface area contributed by atoms with Crippen molar-refractivity contribution in [3.8, 4) is 5.75 Å². The molecule has 0 unspecified atom stereocenters. The molecule has 1 atom stereocenters. The van der Waals surface area contributed by atoms with Crippen LogP contribution in [0.15, 0.2) is 30.5 Å². The molecule has 0 aliphatic heterocycles. The monoisotopic (exact) mass is 368 g/mol. The van der Waals surface area contributed by atoms with Crippen molar-refractivity contribution < 1.29 is 9.53 Å². The van der Waals surface area contributed by atoms with E-state index in [4.69, 9.17) is 9.72 Å². The zero-order chi connectivity index (χ0) is 19.2. The fourth-order valence-corrected chi connectivity index (χ4v) is 3.50. The number of carbonyl (C=O) groups is 1. The summed E-state index contributed by atoms with van der Waals surface area (Å²) in [6.45, 7) is 6.51. The summed E-state index contributed by atoms with van der Waals surface area (Å²) in [4.78, 5) is 24.0. The molecule has 1 aliphatic rings. The number of nitrogens with one attached hydrogen (secondary N) is 1. The van der Waals surface area contributed by atoms with Crippen molar-refractivity contribution in [3.05, 3.63) is 47.3 Å². The lowest BCUT2D eigenvalue weighted by Gasteiger charge is -2.25. The Morgan fingerprint density at radius 1 is 1.33 bits per heavy atom. The second kappa shape index (κ2) is 8.84. The minimum absolute atomic E-state index is 0.0222. The molecular formula is C21H28N4O2. The van der Waals surface area contributed by atoms with E-state index in [0.29, 0.717) is 13.0 Å². The maximum Gasteiger partial charge on any atom is 0.225 e. The van der Waals surface area contributed by atoms with Crippen LogP contribution in [0.5, 0.6) is 5.75 Å². The van der Waals surface area contributed by atoms with Crippen LogP contribution in [0.2, 0.25) is 0 Å². The number of benzene rings is 1. The molecule has 0 fully saturated rings. The molecule has 144 valence electrons. The first-order valence-corrected chi connectivity index (χ1v) is 9.65. The van der Waals surface area contributed by atoms with Crippen LogP contribution >= 0.6 is 0 Å². The van der Waals surface area contributed by atoms with Crippen LogP contribution in [-0.2, 0) is 24.2 Å². The first-order chi connectivity index (χ1) is 13.1. The maximum absolute atomic E-state index is 12.6. The summed E-state index contributed by atoms with van der Waals surface area (Å²) in [6.07, 6.45) is 4.25. The number of amides is 1. The Kier molecular flexibility index (Phi) is 6.27. The third kappa shape index (κ3) is 4.56. The zero-order valence-electron chi connectivity index (χ0n) is 16.4. The average Bonchev–Trinajstić information content (AvgIpc) is 2.72. The zero-order valence-corrected chi connectivity index (χ0v) is 16.4. The molecule has 1 aromatic carbocycles. The predicted molar refractivity (Wildman–Crippen MR) is 106 cm³/mol. The summed E-state index contributed by atoms with van der Waals surface area (Å²) in [6, 6.07) is 7.76. The summed E-state index contributed by atoms with van der Waals surface area (Å²) in [5, 5.41) is 3.06. The van der Waals surface area contributed by atoms with Gasteiger partial charge in [0.2, 0.25) is 11.9 Å². The molecule has 6 heteroatoms. The van der Waals surface area contributed by atoms with E-state index in [0.717, 1.165) is 54.4 Å². The average molecular weight is 368 g/mol. The lowest BCUT2D eigenvalue weighted by atomic mass is 9.86. The van der Waals surface area contributed by atoms with E-state index in [9.17, 15) is 4.79 Å².